The molecule has 1 aliphatic carbocycles. The van der Waals surface area contributed by atoms with Crippen molar-refractivity contribution < 1.29 is 28.5 Å². The maximum Gasteiger partial charge on any atom is 0.407 e. The van der Waals surface area contributed by atoms with Crippen molar-refractivity contribution >= 4 is 45.2 Å². The van der Waals surface area contributed by atoms with Crippen LogP contribution in [0, 0.1) is 22.7 Å². The van der Waals surface area contributed by atoms with Gasteiger partial charge in [0.2, 0.25) is 11.8 Å². The molecule has 1 aliphatic heterocycles. The molecule has 0 radical (unpaired) electrons. The molecule has 48 heavy (non-hydrogen) atoms. The van der Waals surface area contributed by atoms with Gasteiger partial charge < -0.3 is 35.3 Å². The number of hydrogen-bond acceptors (Lipinski definition) is 9. The van der Waals surface area contributed by atoms with E-state index in [9.17, 15) is 14.9 Å². The highest BCUT2D eigenvalue weighted by Crippen LogP contribution is 2.49. The number of ether oxygens (including phenoxy) is 4. The van der Waals surface area contributed by atoms with Crippen molar-refractivity contribution in [2.24, 2.45) is 5.92 Å². The Kier molecular flexibility index (Phi) is 8.97. The molecule has 4 aromatic carbocycles. The summed E-state index contributed by atoms with van der Waals surface area (Å²) in [5.41, 5.74) is 12.4. The minimum Gasteiger partial charge on any atom is -0.493 e. The van der Waals surface area contributed by atoms with Gasteiger partial charge in [0.25, 0.3) is 0 Å². The molecule has 0 saturated carbocycles. The predicted molar refractivity (Wildman–Crippen MR) is 184 cm³/mol. The number of fused-ring (bicyclic) bond motifs is 4. The van der Waals surface area contributed by atoms with Gasteiger partial charge in [-0.1, -0.05) is 54.6 Å². The van der Waals surface area contributed by atoms with Gasteiger partial charge in [-0.25, -0.2) is 4.79 Å². The topological polar surface area (TPSA) is 169 Å². The third-order valence-electron chi connectivity index (χ3n) is 8.67. The van der Waals surface area contributed by atoms with Crippen LogP contribution in [0.3, 0.4) is 0 Å². The van der Waals surface area contributed by atoms with Gasteiger partial charge in [-0.3, -0.25) is 10.2 Å². The van der Waals surface area contributed by atoms with Crippen molar-refractivity contribution in [3.63, 3.8) is 0 Å². The standard InChI is InChI=1S/C36H32BrN5O6/c1-18(41-36(44)47-17-26-22-10-6-4-8-20(22)21-9-5-7-11-23(21)26)35(43)42-28-13-12-24-30(25(16-38)34(40)48-32(24)31(28)39)19-14-27(37)33(46-3)29(15-19)45-2/h4-15,18,25-26,30,40H,17,39H2,1-3H3,(H,41,44)(H,42,43)/t18-,25?,30+/m0/s1. The second-order valence-corrected chi connectivity index (χ2v) is 12.3. The fourth-order valence-electron chi connectivity index (χ4n) is 6.33. The molecule has 0 aromatic heterocycles. The zero-order valence-electron chi connectivity index (χ0n) is 26.3. The number of amides is 2. The van der Waals surface area contributed by atoms with Crippen LogP contribution in [0.4, 0.5) is 16.2 Å². The number of nitrogen functional groups attached to an aromatic ring is 1. The van der Waals surface area contributed by atoms with Crippen molar-refractivity contribution in [3.05, 3.63) is 99.5 Å². The number of benzene rings is 4. The molecule has 6 rings (SSSR count). The van der Waals surface area contributed by atoms with Gasteiger partial charge in [0.05, 0.1) is 36.1 Å². The van der Waals surface area contributed by atoms with Crippen molar-refractivity contribution in [1.29, 1.82) is 10.7 Å². The number of halogens is 1. The fraction of sp³-hybridized carbons (Fsp3) is 0.222. The summed E-state index contributed by atoms with van der Waals surface area (Å²) in [7, 11) is 3.02. The Hall–Kier alpha value is -5.54. The Morgan fingerprint density at radius 1 is 1.02 bits per heavy atom. The van der Waals surface area contributed by atoms with E-state index in [1.165, 1.54) is 21.1 Å². The zero-order chi connectivity index (χ0) is 34.1. The molecule has 0 saturated heterocycles. The number of nitrogens with zero attached hydrogens (tertiary/aromatic N) is 1. The van der Waals surface area contributed by atoms with E-state index in [2.05, 4.69) is 44.8 Å². The summed E-state index contributed by atoms with van der Waals surface area (Å²) in [5, 5.41) is 23.8. The Balaban J connectivity index is 1.16. The molecular formula is C36H32BrN5O6. The fourth-order valence-corrected chi connectivity index (χ4v) is 6.96. The van der Waals surface area contributed by atoms with Crippen LogP contribution in [0.25, 0.3) is 11.1 Å². The first-order valence-electron chi connectivity index (χ1n) is 15.1. The highest BCUT2D eigenvalue weighted by molar-refractivity contribution is 9.10. The predicted octanol–water partition coefficient (Wildman–Crippen LogP) is 6.56. The van der Waals surface area contributed by atoms with Crippen LogP contribution in [-0.4, -0.2) is 44.8 Å². The summed E-state index contributed by atoms with van der Waals surface area (Å²) in [6.45, 7) is 1.64. The molecule has 1 heterocycles. The van der Waals surface area contributed by atoms with E-state index in [1.54, 1.807) is 24.3 Å². The molecule has 4 aromatic rings. The maximum atomic E-state index is 13.2. The van der Waals surface area contributed by atoms with E-state index in [0.717, 1.165) is 22.3 Å². The van der Waals surface area contributed by atoms with Crippen LogP contribution in [0.5, 0.6) is 17.2 Å². The van der Waals surface area contributed by atoms with Gasteiger partial charge in [-0.05, 0) is 68.9 Å². The molecule has 0 spiro atoms. The zero-order valence-corrected chi connectivity index (χ0v) is 27.9. The van der Waals surface area contributed by atoms with Gasteiger partial charge in [-0.15, -0.1) is 0 Å². The van der Waals surface area contributed by atoms with E-state index < -0.39 is 29.9 Å². The number of nitrogens with two attached hydrogens (primary N) is 1. The number of methoxy groups -OCH3 is 2. The smallest absolute Gasteiger partial charge is 0.407 e. The number of alkyl carbamates (subject to hydrolysis) is 1. The normalized spacial score (nSPS) is 16.7. The van der Waals surface area contributed by atoms with Crippen LogP contribution in [-0.2, 0) is 9.53 Å². The Labute approximate surface area is 285 Å². The number of carbonyl (C=O) groups excluding carboxylic acids is 2. The van der Waals surface area contributed by atoms with Gasteiger partial charge in [0.15, 0.2) is 17.2 Å². The number of hydrogen-bond donors (Lipinski definition) is 4. The van der Waals surface area contributed by atoms with Crippen molar-refractivity contribution in [1.82, 2.24) is 5.32 Å². The number of nitrogens with one attached hydrogen (secondary N) is 3. The molecule has 2 amide bonds. The number of rotatable bonds is 8. The first-order chi connectivity index (χ1) is 23.2. The average Bonchev–Trinajstić information content (AvgIpc) is 3.41. The van der Waals surface area contributed by atoms with Gasteiger partial charge >= 0.3 is 6.09 Å². The van der Waals surface area contributed by atoms with Gasteiger partial charge in [0, 0.05) is 17.4 Å². The number of carbonyl (C=O) groups is 2. The van der Waals surface area contributed by atoms with Crippen molar-refractivity contribution in [2.75, 3.05) is 31.9 Å². The van der Waals surface area contributed by atoms with E-state index in [0.29, 0.717) is 27.1 Å². The molecule has 1 unspecified atom stereocenters. The van der Waals surface area contributed by atoms with Crippen molar-refractivity contribution in [3.8, 4) is 34.4 Å². The first kappa shape index (κ1) is 32.4. The lowest BCUT2D eigenvalue weighted by atomic mass is 9.78. The van der Waals surface area contributed by atoms with Crippen LogP contribution in [0.2, 0.25) is 0 Å². The molecule has 0 bridgehead atoms. The quantitative estimate of drug-likeness (QED) is 0.149. The van der Waals surface area contributed by atoms with Crippen LogP contribution in [0.15, 0.2) is 77.3 Å². The second-order valence-electron chi connectivity index (χ2n) is 11.4. The Morgan fingerprint density at radius 3 is 2.31 bits per heavy atom. The van der Waals surface area contributed by atoms with Crippen LogP contribution >= 0.6 is 15.9 Å². The average molecular weight is 711 g/mol. The summed E-state index contributed by atoms with van der Waals surface area (Å²) in [4.78, 5) is 26.0. The SMILES string of the molecule is COc1cc([C@@H]2c3ccc(NC(=O)[C@H](C)NC(=O)OCC4c5ccccc5-c5ccccc54)c(N)c3OC(=N)C2C#N)cc(Br)c1OC. The van der Waals surface area contributed by atoms with Crippen LogP contribution < -0.4 is 30.6 Å². The maximum absolute atomic E-state index is 13.2. The van der Waals surface area contributed by atoms with E-state index in [1.807, 2.05) is 36.4 Å². The van der Waals surface area contributed by atoms with Gasteiger partial charge in [-0.2, -0.15) is 5.26 Å². The van der Waals surface area contributed by atoms with E-state index >= 15 is 0 Å². The largest absolute Gasteiger partial charge is 0.493 e. The highest BCUT2D eigenvalue weighted by atomic mass is 79.9. The summed E-state index contributed by atoms with van der Waals surface area (Å²) in [6, 6.07) is 24.1. The second kappa shape index (κ2) is 13.3. The minimum atomic E-state index is -0.977. The Morgan fingerprint density at radius 2 is 1.69 bits per heavy atom. The molecule has 11 nitrogen and oxygen atoms in total. The van der Waals surface area contributed by atoms with E-state index in [4.69, 9.17) is 30.1 Å². The molecular weight excluding hydrogens is 678 g/mol. The number of anilines is 2. The summed E-state index contributed by atoms with van der Waals surface area (Å²) >= 11 is 3.50. The molecule has 244 valence electrons. The van der Waals surface area contributed by atoms with Gasteiger partial charge in [0.1, 0.15) is 18.6 Å². The first-order valence-corrected chi connectivity index (χ1v) is 15.9. The van der Waals surface area contributed by atoms with E-state index in [-0.39, 0.29) is 35.5 Å². The molecule has 12 heteroatoms. The summed E-state index contributed by atoms with van der Waals surface area (Å²) in [5.74, 6) is -1.48. The monoisotopic (exact) mass is 709 g/mol. The lowest BCUT2D eigenvalue weighted by Gasteiger charge is -2.32. The Bertz CT molecular complexity index is 1950. The molecule has 3 atom stereocenters. The molecule has 5 N–H and O–H groups in total. The third kappa shape index (κ3) is 5.77. The molecule has 0 fully saturated rings. The summed E-state index contributed by atoms with van der Waals surface area (Å²) in [6.07, 6.45) is -0.735. The number of nitriles is 1. The van der Waals surface area contributed by atoms with Crippen LogP contribution in [0.1, 0.15) is 41.0 Å². The molecule has 2 aliphatic rings. The third-order valence-corrected chi connectivity index (χ3v) is 9.26. The highest BCUT2D eigenvalue weighted by Gasteiger charge is 2.39. The minimum absolute atomic E-state index is 0.0693. The lowest BCUT2D eigenvalue weighted by molar-refractivity contribution is -0.117. The van der Waals surface area contributed by atoms with Crippen molar-refractivity contribution in [2.45, 2.75) is 24.8 Å². The lowest BCUT2D eigenvalue weighted by Crippen LogP contribution is -2.42. The summed E-state index contributed by atoms with van der Waals surface area (Å²) < 4.78 is 22.9.